The summed E-state index contributed by atoms with van der Waals surface area (Å²) in [6.07, 6.45) is -1.05. The minimum absolute atomic E-state index is 0.443. The highest BCUT2D eigenvalue weighted by molar-refractivity contribution is 7.85. The molecular formula is C4H10N2O4S. The zero-order valence-corrected chi connectivity index (χ0v) is 6.76. The van der Waals surface area contributed by atoms with Crippen LogP contribution in [-0.2, 0) is 14.9 Å². The highest BCUT2D eigenvalue weighted by atomic mass is 32.2. The summed E-state index contributed by atoms with van der Waals surface area (Å²) in [5.74, 6) is -1.12. The van der Waals surface area contributed by atoms with Gasteiger partial charge in [-0.3, -0.25) is 9.35 Å². The van der Waals surface area contributed by atoms with Gasteiger partial charge in [0.2, 0.25) is 5.91 Å². The number of nitrogens with two attached hydrogens (primary N) is 1. The lowest BCUT2D eigenvalue weighted by Crippen LogP contribution is -2.45. The Labute approximate surface area is 64.5 Å². The van der Waals surface area contributed by atoms with Crippen molar-refractivity contribution in [2.45, 2.75) is 13.1 Å². The number of hydrogen-bond acceptors (Lipinski definition) is 4. The van der Waals surface area contributed by atoms with Crippen molar-refractivity contribution in [2.75, 3.05) is 5.75 Å². The molecule has 0 fully saturated rings. The van der Waals surface area contributed by atoms with Gasteiger partial charge in [-0.25, -0.2) is 0 Å². The average Bonchev–Trinajstić information content (AvgIpc) is 1.53. The lowest BCUT2D eigenvalue weighted by atomic mass is 10.5. The van der Waals surface area contributed by atoms with Crippen LogP contribution in [0.2, 0.25) is 0 Å². The van der Waals surface area contributed by atoms with E-state index in [1.807, 2.05) is 0 Å². The average molecular weight is 182 g/mol. The Morgan fingerprint density at radius 2 is 2.18 bits per heavy atom. The SMILES string of the molecule is CC(=O)NC(N)CS(=O)(=O)O. The minimum Gasteiger partial charge on any atom is -0.340 e. The minimum atomic E-state index is -4.11. The predicted octanol–water partition coefficient (Wildman–Crippen LogP) is -1.70. The first kappa shape index (κ1) is 10.3. The molecule has 1 atom stereocenters. The molecule has 0 bridgehead atoms. The molecule has 0 aromatic heterocycles. The fourth-order valence-electron chi connectivity index (χ4n) is 0.530. The summed E-state index contributed by atoms with van der Waals surface area (Å²) in [6, 6.07) is 0. The molecule has 11 heavy (non-hydrogen) atoms. The second kappa shape index (κ2) is 3.65. The van der Waals surface area contributed by atoms with E-state index in [4.69, 9.17) is 10.3 Å². The van der Waals surface area contributed by atoms with Crippen LogP contribution in [-0.4, -0.2) is 30.8 Å². The van der Waals surface area contributed by atoms with Gasteiger partial charge in [-0.2, -0.15) is 8.42 Å². The van der Waals surface area contributed by atoms with Gasteiger partial charge in [0.15, 0.2) is 0 Å². The van der Waals surface area contributed by atoms with E-state index in [1.165, 1.54) is 6.92 Å². The third-order valence-electron chi connectivity index (χ3n) is 0.779. The molecule has 4 N–H and O–H groups in total. The molecule has 0 aliphatic heterocycles. The third-order valence-corrected chi connectivity index (χ3v) is 1.56. The Bertz CT molecular complexity index is 234. The molecule has 7 heteroatoms. The van der Waals surface area contributed by atoms with Crippen molar-refractivity contribution < 1.29 is 17.8 Å². The van der Waals surface area contributed by atoms with Crippen LogP contribution in [0.25, 0.3) is 0 Å². The molecule has 0 aliphatic carbocycles. The Hall–Kier alpha value is -0.660. The van der Waals surface area contributed by atoms with Crippen molar-refractivity contribution >= 4 is 16.0 Å². The molecule has 1 amide bonds. The van der Waals surface area contributed by atoms with Gasteiger partial charge in [0.05, 0.1) is 6.17 Å². The molecule has 6 nitrogen and oxygen atoms in total. The number of carbonyl (C=O) groups excluding carboxylic acids is 1. The van der Waals surface area contributed by atoms with E-state index in [2.05, 4.69) is 5.32 Å². The molecule has 0 saturated carbocycles. The zero-order chi connectivity index (χ0) is 9.07. The lowest BCUT2D eigenvalue weighted by molar-refractivity contribution is -0.119. The largest absolute Gasteiger partial charge is 0.340 e. The van der Waals surface area contributed by atoms with E-state index < -0.39 is 27.9 Å². The number of amides is 1. The third kappa shape index (κ3) is 7.23. The normalized spacial score (nSPS) is 14.1. The summed E-state index contributed by atoms with van der Waals surface area (Å²) in [5.41, 5.74) is 5.09. The first-order valence-electron chi connectivity index (χ1n) is 2.79. The first-order chi connectivity index (χ1) is 4.81. The van der Waals surface area contributed by atoms with Crippen LogP contribution in [0.1, 0.15) is 6.92 Å². The van der Waals surface area contributed by atoms with Crippen LogP contribution >= 0.6 is 0 Å². The smallest absolute Gasteiger partial charge is 0.268 e. The summed E-state index contributed by atoms with van der Waals surface area (Å²) in [4.78, 5) is 10.3. The van der Waals surface area contributed by atoms with Crippen molar-refractivity contribution in [3.05, 3.63) is 0 Å². The fourth-order valence-corrected chi connectivity index (χ4v) is 1.07. The van der Waals surface area contributed by atoms with Crippen LogP contribution in [0.15, 0.2) is 0 Å². The molecule has 0 radical (unpaired) electrons. The number of rotatable bonds is 3. The van der Waals surface area contributed by atoms with E-state index in [1.54, 1.807) is 0 Å². The maximum absolute atomic E-state index is 10.3. The van der Waals surface area contributed by atoms with Gasteiger partial charge in [0, 0.05) is 6.92 Å². The standard InChI is InChI=1S/C4H10N2O4S/c1-3(7)6-4(5)2-11(8,9)10/h4H,2,5H2,1H3,(H,6,7)(H,8,9,10). The van der Waals surface area contributed by atoms with Crippen molar-refractivity contribution in [1.29, 1.82) is 0 Å². The van der Waals surface area contributed by atoms with Gasteiger partial charge < -0.3 is 11.1 Å². The molecule has 0 aliphatic rings. The summed E-state index contributed by atoms with van der Waals surface area (Å²) >= 11 is 0. The van der Waals surface area contributed by atoms with Gasteiger partial charge in [-0.1, -0.05) is 0 Å². The highest BCUT2D eigenvalue weighted by Crippen LogP contribution is 1.83. The number of carbonyl (C=O) groups is 1. The maximum Gasteiger partial charge on any atom is 0.268 e. The van der Waals surface area contributed by atoms with Crippen LogP contribution in [0.4, 0.5) is 0 Å². The predicted molar refractivity (Wildman–Crippen MR) is 38.2 cm³/mol. The monoisotopic (exact) mass is 182 g/mol. The quantitative estimate of drug-likeness (QED) is 0.356. The Morgan fingerprint density at radius 3 is 2.45 bits per heavy atom. The van der Waals surface area contributed by atoms with E-state index in [-0.39, 0.29) is 0 Å². The van der Waals surface area contributed by atoms with Crippen molar-refractivity contribution in [1.82, 2.24) is 5.32 Å². The molecular weight excluding hydrogens is 172 g/mol. The topological polar surface area (TPSA) is 109 Å². The van der Waals surface area contributed by atoms with Crippen LogP contribution in [0.5, 0.6) is 0 Å². The van der Waals surface area contributed by atoms with Crippen LogP contribution < -0.4 is 11.1 Å². The summed E-state index contributed by atoms with van der Waals surface area (Å²) in [6.45, 7) is 1.20. The molecule has 66 valence electrons. The second-order valence-electron chi connectivity index (χ2n) is 2.06. The van der Waals surface area contributed by atoms with Gasteiger partial charge in [0.1, 0.15) is 5.75 Å². The molecule has 0 rings (SSSR count). The highest BCUT2D eigenvalue weighted by Gasteiger charge is 2.12. The van der Waals surface area contributed by atoms with E-state index in [0.717, 1.165) is 0 Å². The summed E-state index contributed by atoms with van der Waals surface area (Å²) in [7, 11) is -4.11. The molecule has 0 saturated heterocycles. The fraction of sp³-hybridized carbons (Fsp3) is 0.750. The molecule has 0 aromatic rings. The molecule has 1 unspecified atom stereocenters. The van der Waals surface area contributed by atoms with Gasteiger partial charge in [-0.15, -0.1) is 0 Å². The molecule has 0 aromatic carbocycles. The first-order valence-corrected chi connectivity index (χ1v) is 4.40. The van der Waals surface area contributed by atoms with Crippen molar-refractivity contribution in [3.63, 3.8) is 0 Å². The van der Waals surface area contributed by atoms with Crippen LogP contribution in [0, 0.1) is 0 Å². The summed E-state index contributed by atoms with van der Waals surface area (Å²) in [5, 5.41) is 2.10. The van der Waals surface area contributed by atoms with E-state index in [0.29, 0.717) is 0 Å². The summed E-state index contributed by atoms with van der Waals surface area (Å²) < 4.78 is 28.5. The van der Waals surface area contributed by atoms with Gasteiger partial charge in [0.25, 0.3) is 10.1 Å². The number of hydrogen-bond donors (Lipinski definition) is 3. The molecule has 0 spiro atoms. The van der Waals surface area contributed by atoms with Crippen molar-refractivity contribution in [2.24, 2.45) is 5.73 Å². The molecule has 0 heterocycles. The maximum atomic E-state index is 10.3. The van der Waals surface area contributed by atoms with Gasteiger partial charge >= 0.3 is 0 Å². The van der Waals surface area contributed by atoms with E-state index in [9.17, 15) is 13.2 Å². The second-order valence-corrected chi connectivity index (χ2v) is 3.55. The lowest BCUT2D eigenvalue weighted by Gasteiger charge is -2.09. The van der Waals surface area contributed by atoms with E-state index >= 15 is 0 Å². The Morgan fingerprint density at radius 1 is 1.73 bits per heavy atom. The Kier molecular flexibility index (Phi) is 3.43. The number of nitrogens with one attached hydrogen (secondary N) is 1. The van der Waals surface area contributed by atoms with Crippen molar-refractivity contribution in [3.8, 4) is 0 Å². The van der Waals surface area contributed by atoms with Crippen LogP contribution in [0.3, 0.4) is 0 Å². The Balaban J connectivity index is 3.89. The van der Waals surface area contributed by atoms with Gasteiger partial charge in [-0.05, 0) is 0 Å². The zero-order valence-electron chi connectivity index (χ0n) is 5.94.